The van der Waals surface area contributed by atoms with Crippen LogP contribution in [0.4, 0.5) is 13.2 Å². The highest BCUT2D eigenvalue weighted by atomic mass is 19.4. The number of allylic oxidation sites excluding steroid dienone is 1. The van der Waals surface area contributed by atoms with Crippen LogP contribution in [0.15, 0.2) is 42.1 Å². The molecular weight excluding hydrogens is 247 g/mol. The lowest BCUT2D eigenvalue weighted by Gasteiger charge is -2.13. The fraction of sp³-hybridized carbons (Fsp3) is 0.250. The van der Waals surface area contributed by atoms with Crippen LogP contribution < -0.4 is 5.32 Å². The SMILES string of the molecule is COC(=O)/C=C(\NCc1ccccc1)C(F)(F)F. The summed E-state index contributed by atoms with van der Waals surface area (Å²) in [6, 6.07) is 8.55. The fourth-order valence-electron chi connectivity index (χ4n) is 1.20. The second kappa shape index (κ2) is 6.09. The molecule has 0 fully saturated rings. The quantitative estimate of drug-likeness (QED) is 0.666. The summed E-state index contributed by atoms with van der Waals surface area (Å²) in [5.74, 6) is -1.05. The van der Waals surface area contributed by atoms with Crippen LogP contribution >= 0.6 is 0 Å². The largest absolute Gasteiger partial charge is 0.466 e. The lowest BCUT2D eigenvalue weighted by Crippen LogP contribution is -2.27. The molecule has 0 atom stereocenters. The third-order valence-electron chi connectivity index (χ3n) is 2.09. The van der Waals surface area contributed by atoms with E-state index in [-0.39, 0.29) is 6.54 Å². The van der Waals surface area contributed by atoms with E-state index in [1.807, 2.05) is 0 Å². The van der Waals surface area contributed by atoms with E-state index in [0.29, 0.717) is 11.6 Å². The van der Waals surface area contributed by atoms with Crippen molar-refractivity contribution < 1.29 is 22.7 Å². The number of carbonyl (C=O) groups is 1. The molecule has 0 bridgehead atoms. The zero-order valence-corrected chi connectivity index (χ0v) is 9.62. The summed E-state index contributed by atoms with van der Waals surface area (Å²) in [5.41, 5.74) is -0.448. The first-order valence-corrected chi connectivity index (χ1v) is 5.08. The average molecular weight is 259 g/mol. The minimum atomic E-state index is -4.62. The number of halogens is 3. The number of esters is 1. The van der Waals surface area contributed by atoms with Crippen molar-refractivity contribution in [1.82, 2.24) is 5.32 Å². The Morgan fingerprint density at radius 1 is 1.33 bits per heavy atom. The Morgan fingerprint density at radius 3 is 2.44 bits per heavy atom. The highest BCUT2D eigenvalue weighted by Crippen LogP contribution is 2.23. The number of rotatable bonds is 4. The third kappa shape index (κ3) is 4.48. The fourth-order valence-corrected chi connectivity index (χ4v) is 1.20. The van der Waals surface area contributed by atoms with Crippen LogP contribution in [-0.2, 0) is 16.1 Å². The molecule has 0 aliphatic rings. The molecule has 1 aromatic carbocycles. The Kier molecular flexibility index (Phi) is 4.76. The first-order valence-electron chi connectivity index (χ1n) is 5.08. The maximum atomic E-state index is 12.6. The maximum absolute atomic E-state index is 12.6. The second-order valence-corrected chi connectivity index (χ2v) is 3.42. The lowest BCUT2D eigenvalue weighted by atomic mass is 10.2. The standard InChI is InChI=1S/C12H12F3NO2/c1-18-11(17)7-10(12(13,14)15)16-8-9-5-3-2-4-6-9/h2-7,16H,8H2,1H3/b10-7-. The van der Waals surface area contributed by atoms with Crippen LogP contribution in [0.3, 0.4) is 0 Å². The molecule has 0 saturated carbocycles. The summed E-state index contributed by atoms with van der Waals surface area (Å²) in [6.07, 6.45) is -4.23. The zero-order valence-electron chi connectivity index (χ0n) is 9.62. The monoisotopic (exact) mass is 259 g/mol. The van der Waals surface area contributed by atoms with Gasteiger partial charge in [0.1, 0.15) is 5.70 Å². The van der Waals surface area contributed by atoms with Crippen molar-refractivity contribution >= 4 is 5.97 Å². The molecule has 18 heavy (non-hydrogen) atoms. The third-order valence-corrected chi connectivity index (χ3v) is 2.09. The van der Waals surface area contributed by atoms with Crippen LogP contribution in [0.5, 0.6) is 0 Å². The molecule has 1 aromatic rings. The van der Waals surface area contributed by atoms with Gasteiger partial charge in [-0.1, -0.05) is 30.3 Å². The topological polar surface area (TPSA) is 38.3 Å². The van der Waals surface area contributed by atoms with Crippen molar-refractivity contribution in [3.05, 3.63) is 47.7 Å². The summed E-state index contributed by atoms with van der Waals surface area (Å²) in [5, 5.41) is 2.18. The van der Waals surface area contributed by atoms with Crippen LogP contribution in [0.25, 0.3) is 0 Å². The number of hydrogen-bond acceptors (Lipinski definition) is 3. The number of hydrogen-bond donors (Lipinski definition) is 1. The minimum absolute atomic E-state index is 0.0246. The molecule has 0 saturated heterocycles. The van der Waals surface area contributed by atoms with Gasteiger partial charge in [-0.15, -0.1) is 0 Å². The van der Waals surface area contributed by atoms with Crippen LogP contribution in [0, 0.1) is 0 Å². The molecule has 0 aromatic heterocycles. The van der Waals surface area contributed by atoms with E-state index in [2.05, 4.69) is 10.1 Å². The number of ether oxygens (including phenoxy) is 1. The van der Waals surface area contributed by atoms with Gasteiger partial charge in [0.05, 0.1) is 13.2 Å². The average Bonchev–Trinajstić information content (AvgIpc) is 2.34. The number of alkyl halides is 3. The number of carbonyl (C=O) groups excluding carboxylic acids is 1. The summed E-state index contributed by atoms with van der Waals surface area (Å²) in [7, 11) is 1.02. The van der Waals surface area contributed by atoms with Crippen LogP contribution in [0.2, 0.25) is 0 Å². The predicted molar refractivity (Wildman–Crippen MR) is 59.4 cm³/mol. The van der Waals surface area contributed by atoms with E-state index in [0.717, 1.165) is 7.11 Å². The van der Waals surface area contributed by atoms with Gasteiger partial charge < -0.3 is 10.1 Å². The van der Waals surface area contributed by atoms with Gasteiger partial charge in [-0.3, -0.25) is 0 Å². The molecule has 98 valence electrons. The Hall–Kier alpha value is -1.98. The number of benzene rings is 1. The summed E-state index contributed by atoms with van der Waals surface area (Å²) < 4.78 is 41.9. The van der Waals surface area contributed by atoms with Crippen LogP contribution in [-0.4, -0.2) is 19.3 Å². The Labute approximate surface area is 102 Å². The maximum Gasteiger partial charge on any atom is 0.431 e. The van der Waals surface area contributed by atoms with E-state index in [1.54, 1.807) is 30.3 Å². The first kappa shape index (κ1) is 14.1. The van der Waals surface area contributed by atoms with E-state index >= 15 is 0 Å². The second-order valence-electron chi connectivity index (χ2n) is 3.42. The van der Waals surface area contributed by atoms with Crippen molar-refractivity contribution in [1.29, 1.82) is 0 Å². The van der Waals surface area contributed by atoms with Gasteiger partial charge in [-0.2, -0.15) is 13.2 Å². The van der Waals surface area contributed by atoms with Gasteiger partial charge >= 0.3 is 12.1 Å². The molecule has 0 aliphatic heterocycles. The number of methoxy groups -OCH3 is 1. The van der Waals surface area contributed by atoms with E-state index in [1.165, 1.54) is 0 Å². The molecule has 6 heteroatoms. The van der Waals surface area contributed by atoms with Crippen molar-refractivity contribution in [2.45, 2.75) is 12.7 Å². The molecule has 0 aliphatic carbocycles. The van der Waals surface area contributed by atoms with Crippen molar-refractivity contribution in [2.75, 3.05) is 7.11 Å². The molecular formula is C12H12F3NO2. The van der Waals surface area contributed by atoms with Crippen molar-refractivity contribution in [2.24, 2.45) is 0 Å². The first-order chi connectivity index (χ1) is 8.43. The Bertz CT molecular complexity index is 427. The zero-order chi connectivity index (χ0) is 13.6. The molecule has 0 unspecified atom stereocenters. The van der Waals surface area contributed by atoms with Crippen molar-refractivity contribution in [3.63, 3.8) is 0 Å². The molecule has 1 rings (SSSR count). The van der Waals surface area contributed by atoms with Gasteiger partial charge in [-0.05, 0) is 5.56 Å². The molecule has 0 spiro atoms. The van der Waals surface area contributed by atoms with Gasteiger partial charge in [0, 0.05) is 6.54 Å². The van der Waals surface area contributed by atoms with Gasteiger partial charge in [0.25, 0.3) is 0 Å². The molecule has 0 radical (unpaired) electrons. The van der Waals surface area contributed by atoms with Crippen molar-refractivity contribution in [3.8, 4) is 0 Å². The predicted octanol–water partition coefficient (Wildman–Crippen LogP) is 2.40. The van der Waals surface area contributed by atoms with Gasteiger partial charge in [0.2, 0.25) is 0 Å². The lowest BCUT2D eigenvalue weighted by molar-refractivity contribution is -0.136. The Morgan fingerprint density at radius 2 is 1.94 bits per heavy atom. The molecule has 0 amide bonds. The smallest absolute Gasteiger partial charge is 0.431 e. The summed E-state index contributed by atoms with van der Waals surface area (Å²) in [4.78, 5) is 10.8. The normalized spacial score (nSPS) is 12.1. The summed E-state index contributed by atoms with van der Waals surface area (Å²) >= 11 is 0. The highest BCUT2D eigenvalue weighted by molar-refractivity contribution is 5.82. The van der Waals surface area contributed by atoms with Crippen LogP contribution in [0.1, 0.15) is 5.56 Å². The molecule has 1 N–H and O–H groups in total. The highest BCUT2D eigenvalue weighted by Gasteiger charge is 2.34. The minimum Gasteiger partial charge on any atom is -0.466 e. The molecule has 3 nitrogen and oxygen atoms in total. The van der Waals surface area contributed by atoms with Gasteiger partial charge in [-0.25, -0.2) is 4.79 Å². The number of nitrogens with one attached hydrogen (secondary N) is 1. The Balaban J connectivity index is 2.75. The van der Waals surface area contributed by atoms with E-state index < -0.39 is 17.8 Å². The molecule has 0 heterocycles. The van der Waals surface area contributed by atoms with Gasteiger partial charge in [0.15, 0.2) is 0 Å². The summed E-state index contributed by atoms with van der Waals surface area (Å²) in [6.45, 7) is -0.0246. The van der Waals surface area contributed by atoms with E-state index in [4.69, 9.17) is 0 Å². The van der Waals surface area contributed by atoms with E-state index in [9.17, 15) is 18.0 Å².